The molecule has 1 aromatic carbocycles. The van der Waals surface area contributed by atoms with Crippen LogP contribution in [0.25, 0.3) is 0 Å². The molecule has 0 saturated heterocycles. The van der Waals surface area contributed by atoms with Crippen molar-refractivity contribution in [3.05, 3.63) is 45.8 Å². The lowest BCUT2D eigenvalue weighted by Crippen LogP contribution is -2.33. The number of nitrogens with zero attached hydrogens (tertiary/aromatic N) is 2. The number of ether oxygens (including phenoxy) is 1. The molecule has 0 aliphatic carbocycles. The number of carbonyl (C=O) groups is 2. The van der Waals surface area contributed by atoms with Crippen LogP contribution in [0, 0.1) is 6.92 Å². The van der Waals surface area contributed by atoms with Crippen molar-refractivity contribution in [3.8, 4) is 0 Å². The molecular weight excluding hydrogens is 406 g/mol. The van der Waals surface area contributed by atoms with Crippen molar-refractivity contribution in [2.24, 2.45) is 0 Å². The second-order valence-corrected chi connectivity index (χ2v) is 8.10. The average Bonchev–Trinajstić information content (AvgIpc) is 3.29. The maximum Gasteiger partial charge on any atom is 0.341 e. The summed E-state index contributed by atoms with van der Waals surface area (Å²) < 4.78 is 4.97. The number of para-hydroxylation sites is 1. The van der Waals surface area contributed by atoms with Gasteiger partial charge in [0, 0.05) is 25.3 Å². The zero-order chi connectivity index (χ0) is 21.1. The van der Waals surface area contributed by atoms with Crippen molar-refractivity contribution in [1.82, 2.24) is 4.90 Å². The van der Waals surface area contributed by atoms with E-state index in [2.05, 4.69) is 11.4 Å². The van der Waals surface area contributed by atoms with E-state index >= 15 is 0 Å². The maximum atomic E-state index is 12.9. The van der Waals surface area contributed by atoms with Gasteiger partial charge < -0.3 is 19.9 Å². The van der Waals surface area contributed by atoms with E-state index in [0.717, 1.165) is 18.7 Å². The van der Waals surface area contributed by atoms with Crippen molar-refractivity contribution in [2.45, 2.75) is 27.2 Å². The van der Waals surface area contributed by atoms with Crippen LogP contribution < -0.4 is 10.2 Å². The van der Waals surface area contributed by atoms with Gasteiger partial charge in [0.05, 0.1) is 17.6 Å². The van der Waals surface area contributed by atoms with Crippen LogP contribution in [-0.2, 0) is 11.2 Å². The molecule has 0 atom stereocenters. The Labute approximate surface area is 180 Å². The first kappa shape index (κ1) is 21.3. The molecule has 3 rings (SSSR count). The number of thiophene rings is 1. The van der Waals surface area contributed by atoms with Crippen LogP contribution in [0.4, 0.5) is 10.7 Å². The SMILES string of the molecule is CCN(CC)C(=O)c1sc(NC(=S)N2CCc3ccccc32)c(C(=O)OC)c1C. The molecule has 0 saturated carbocycles. The molecule has 1 aromatic heterocycles. The normalized spacial score (nSPS) is 12.5. The van der Waals surface area contributed by atoms with Crippen LogP contribution in [0.2, 0.25) is 0 Å². The van der Waals surface area contributed by atoms with Gasteiger partial charge in [-0.15, -0.1) is 11.3 Å². The van der Waals surface area contributed by atoms with Crippen LogP contribution in [-0.4, -0.2) is 48.6 Å². The molecule has 1 aliphatic heterocycles. The van der Waals surface area contributed by atoms with Gasteiger partial charge in [-0.3, -0.25) is 4.79 Å². The number of fused-ring (bicyclic) bond motifs is 1. The Morgan fingerprint density at radius 3 is 2.62 bits per heavy atom. The van der Waals surface area contributed by atoms with Gasteiger partial charge in [0.1, 0.15) is 5.00 Å². The summed E-state index contributed by atoms with van der Waals surface area (Å²) in [5.74, 6) is -0.572. The standard InChI is InChI=1S/C21H25N3O3S2/c1-5-23(6-2)19(25)17-13(3)16(20(26)27-4)18(29-17)22-21(28)24-12-11-14-9-7-8-10-15(14)24/h7-10H,5-6,11-12H2,1-4H3,(H,22,28). The van der Waals surface area contributed by atoms with Crippen molar-refractivity contribution in [1.29, 1.82) is 0 Å². The van der Waals surface area contributed by atoms with Crippen molar-refractivity contribution < 1.29 is 14.3 Å². The lowest BCUT2D eigenvalue weighted by Gasteiger charge is -2.21. The van der Waals surface area contributed by atoms with E-state index < -0.39 is 5.97 Å². The summed E-state index contributed by atoms with van der Waals surface area (Å²) >= 11 is 6.89. The largest absolute Gasteiger partial charge is 0.465 e. The number of carbonyl (C=O) groups excluding carboxylic acids is 2. The van der Waals surface area contributed by atoms with Crippen LogP contribution in [0.3, 0.4) is 0 Å². The fourth-order valence-electron chi connectivity index (χ4n) is 3.52. The van der Waals surface area contributed by atoms with E-state index in [-0.39, 0.29) is 5.91 Å². The summed E-state index contributed by atoms with van der Waals surface area (Å²) in [6.07, 6.45) is 0.914. The quantitative estimate of drug-likeness (QED) is 0.568. The summed E-state index contributed by atoms with van der Waals surface area (Å²) in [7, 11) is 1.34. The second kappa shape index (κ2) is 8.92. The summed E-state index contributed by atoms with van der Waals surface area (Å²) in [6.45, 7) is 7.63. The molecule has 2 aromatic rings. The number of hydrogen-bond acceptors (Lipinski definition) is 5. The molecule has 0 bridgehead atoms. The van der Waals surface area contributed by atoms with E-state index in [9.17, 15) is 9.59 Å². The molecule has 6 nitrogen and oxygen atoms in total. The van der Waals surface area contributed by atoms with Crippen molar-refractivity contribution in [2.75, 3.05) is 37.0 Å². The average molecular weight is 432 g/mol. The number of rotatable bonds is 5. The van der Waals surface area contributed by atoms with Gasteiger partial charge >= 0.3 is 5.97 Å². The van der Waals surface area contributed by atoms with Gasteiger partial charge in [0.2, 0.25) is 0 Å². The number of esters is 1. The van der Waals surface area contributed by atoms with Crippen molar-refractivity contribution in [3.63, 3.8) is 0 Å². The number of amides is 1. The predicted octanol–water partition coefficient (Wildman–Crippen LogP) is 4.08. The first-order chi connectivity index (χ1) is 13.9. The van der Waals surface area contributed by atoms with E-state index in [1.54, 1.807) is 11.8 Å². The minimum Gasteiger partial charge on any atom is -0.465 e. The molecule has 29 heavy (non-hydrogen) atoms. The highest BCUT2D eigenvalue weighted by atomic mass is 32.1. The fourth-order valence-corrected chi connectivity index (χ4v) is 5.04. The topological polar surface area (TPSA) is 61.9 Å². The minimum absolute atomic E-state index is 0.0897. The van der Waals surface area contributed by atoms with Crippen LogP contribution in [0.1, 0.15) is 45.0 Å². The monoisotopic (exact) mass is 431 g/mol. The molecule has 1 aliphatic rings. The highest BCUT2D eigenvalue weighted by molar-refractivity contribution is 7.80. The van der Waals surface area contributed by atoms with Crippen LogP contribution in [0.5, 0.6) is 0 Å². The summed E-state index contributed by atoms with van der Waals surface area (Å²) in [4.78, 5) is 29.7. The summed E-state index contributed by atoms with van der Waals surface area (Å²) in [5.41, 5.74) is 3.29. The third-order valence-corrected chi connectivity index (χ3v) is 6.65. The third-order valence-electron chi connectivity index (χ3n) is 5.13. The second-order valence-electron chi connectivity index (χ2n) is 6.69. The molecule has 1 amide bonds. The first-order valence-corrected chi connectivity index (χ1v) is 10.8. The number of methoxy groups -OCH3 is 1. The van der Waals surface area contributed by atoms with E-state index in [4.69, 9.17) is 17.0 Å². The van der Waals surface area contributed by atoms with Crippen LogP contribution in [0.15, 0.2) is 24.3 Å². The molecule has 2 heterocycles. The third kappa shape index (κ3) is 4.00. The maximum absolute atomic E-state index is 12.9. The highest BCUT2D eigenvalue weighted by Gasteiger charge is 2.29. The predicted molar refractivity (Wildman–Crippen MR) is 121 cm³/mol. The van der Waals surface area contributed by atoms with Gasteiger partial charge in [-0.25, -0.2) is 4.79 Å². The van der Waals surface area contributed by atoms with Gasteiger partial charge in [-0.2, -0.15) is 0 Å². The van der Waals surface area contributed by atoms with Crippen LogP contribution >= 0.6 is 23.6 Å². The number of anilines is 2. The molecule has 0 radical (unpaired) electrons. The molecule has 0 spiro atoms. The molecule has 0 fully saturated rings. The molecular formula is C21H25N3O3S2. The van der Waals surface area contributed by atoms with Gasteiger partial charge in [0.25, 0.3) is 5.91 Å². The lowest BCUT2D eigenvalue weighted by molar-refractivity contribution is 0.0601. The summed E-state index contributed by atoms with van der Waals surface area (Å²) in [5, 5.41) is 4.25. The van der Waals surface area contributed by atoms with Gasteiger partial charge in [-0.05, 0) is 56.6 Å². The van der Waals surface area contributed by atoms with Gasteiger partial charge in [0.15, 0.2) is 5.11 Å². The van der Waals surface area contributed by atoms with E-state index in [1.807, 2.05) is 36.9 Å². The Morgan fingerprint density at radius 1 is 1.28 bits per heavy atom. The van der Waals surface area contributed by atoms with E-state index in [0.29, 0.717) is 39.2 Å². The smallest absolute Gasteiger partial charge is 0.341 e. The number of nitrogens with one attached hydrogen (secondary N) is 1. The Bertz CT molecular complexity index is 951. The molecule has 0 unspecified atom stereocenters. The lowest BCUT2D eigenvalue weighted by atomic mass is 10.1. The zero-order valence-electron chi connectivity index (χ0n) is 17.1. The Morgan fingerprint density at radius 2 is 1.97 bits per heavy atom. The number of thiocarbonyl (C=S) groups is 1. The van der Waals surface area contributed by atoms with Crippen molar-refractivity contribution >= 4 is 51.2 Å². The Balaban J connectivity index is 1.94. The zero-order valence-corrected chi connectivity index (χ0v) is 18.7. The Kier molecular flexibility index (Phi) is 6.54. The van der Waals surface area contributed by atoms with Gasteiger partial charge in [-0.1, -0.05) is 18.2 Å². The molecule has 1 N–H and O–H groups in total. The Hall–Kier alpha value is -2.45. The fraction of sp³-hybridized carbons (Fsp3) is 0.381. The molecule has 8 heteroatoms. The summed E-state index contributed by atoms with van der Waals surface area (Å²) in [6, 6.07) is 8.12. The minimum atomic E-state index is -0.482. The highest BCUT2D eigenvalue weighted by Crippen LogP contribution is 2.36. The van der Waals surface area contributed by atoms with E-state index in [1.165, 1.54) is 24.0 Å². The first-order valence-electron chi connectivity index (χ1n) is 9.60. The number of benzene rings is 1. The number of hydrogen-bond donors (Lipinski definition) is 1. The molecule has 154 valence electrons.